The lowest BCUT2D eigenvalue weighted by molar-refractivity contribution is -0.113. The van der Waals surface area contributed by atoms with Crippen LogP contribution in [0.5, 0.6) is 17.2 Å². The summed E-state index contributed by atoms with van der Waals surface area (Å²) in [6.45, 7) is 2.89. The highest BCUT2D eigenvalue weighted by atomic mass is 16.6. The average Bonchev–Trinajstić information content (AvgIpc) is 3.25. The predicted octanol–water partition coefficient (Wildman–Crippen LogP) is 4.74. The van der Waals surface area contributed by atoms with E-state index in [1.807, 2.05) is 73.7 Å². The molecule has 2 N–H and O–H groups in total. The molecule has 2 aliphatic rings. The lowest BCUT2D eigenvalue weighted by Crippen LogP contribution is -2.31. The number of fused-ring (bicyclic) bond motifs is 4. The van der Waals surface area contributed by atoms with Crippen molar-refractivity contribution in [2.24, 2.45) is 0 Å². The van der Waals surface area contributed by atoms with Crippen molar-refractivity contribution in [3.05, 3.63) is 83.6 Å². The third-order valence-corrected chi connectivity index (χ3v) is 6.31. The summed E-state index contributed by atoms with van der Waals surface area (Å²) >= 11 is 0. The molecule has 1 unspecified atom stereocenters. The van der Waals surface area contributed by atoms with Gasteiger partial charge in [0.1, 0.15) is 19.0 Å². The first kappa shape index (κ1) is 21.1. The molecule has 176 valence electrons. The molecule has 3 heterocycles. The highest BCUT2D eigenvalue weighted by Crippen LogP contribution is 2.42. The van der Waals surface area contributed by atoms with E-state index in [4.69, 9.17) is 19.2 Å². The summed E-state index contributed by atoms with van der Waals surface area (Å²) in [5.41, 5.74) is 4.55. The molecule has 0 radical (unpaired) electrons. The molecule has 2 aliphatic heterocycles. The molecule has 35 heavy (non-hydrogen) atoms. The van der Waals surface area contributed by atoms with Crippen LogP contribution in [0.15, 0.2) is 78.0 Å². The lowest BCUT2D eigenvalue weighted by Gasteiger charge is -2.31. The van der Waals surface area contributed by atoms with E-state index in [-0.39, 0.29) is 5.91 Å². The molecule has 1 amide bonds. The Hall–Kier alpha value is -4.46. The maximum absolute atomic E-state index is 13.8. The summed E-state index contributed by atoms with van der Waals surface area (Å²) in [5.74, 6) is 2.40. The van der Waals surface area contributed by atoms with Crippen LogP contribution in [0, 0.1) is 0 Å². The average molecular weight is 469 g/mol. The van der Waals surface area contributed by atoms with Gasteiger partial charge in [-0.2, -0.15) is 0 Å². The molecule has 4 aromatic rings. The maximum atomic E-state index is 13.8. The van der Waals surface area contributed by atoms with Gasteiger partial charge in [0, 0.05) is 5.70 Å². The van der Waals surface area contributed by atoms with Gasteiger partial charge in [0.05, 0.1) is 35.4 Å². The number of methoxy groups -OCH3 is 1. The molecule has 6 rings (SSSR count). The van der Waals surface area contributed by atoms with Crippen LogP contribution in [-0.4, -0.2) is 35.8 Å². The summed E-state index contributed by atoms with van der Waals surface area (Å²) in [7, 11) is 1.58. The van der Waals surface area contributed by atoms with Gasteiger partial charge in [0.25, 0.3) is 5.91 Å². The van der Waals surface area contributed by atoms with Crippen molar-refractivity contribution in [1.82, 2.24) is 9.55 Å². The van der Waals surface area contributed by atoms with Gasteiger partial charge < -0.3 is 24.8 Å². The Bertz CT molecular complexity index is 1490. The standard InChI is InChI=1S/C27H24N4O4/c1-16-24(26(32)29-19-8-4-6-10-21(19)33-2)25(17-11-12-22-23(15-17)35-14-13-34-22)31-20-9-5-3-7-18(20)30-27(31)28-16/h3-12,15,25H,13-14H2,1-2H3,(H,28,30)(H,29,32). The van der Waals surface area contributed by atoms with Crippen molar-refractivity contribution in [2.75, 3.05) is 31.0 Å². The van der Waals surface area contributed by atoms with E-state index >= 15 is 0 Å². The number of carbonyl (C=O) groups excluding carboxylic acids is 1. The smallest absolute Gasteiger partial charge is 0.255 e. The minimum Gasteiger partial charge on any atom is -0.495 e. The maximum Gasteiger partial charge on any atom is 0.255 e. The molecule has 3 aromatic carbocycles. The van der Waals surface area contributed by atoms with Crippen molar-refractivity contribution in [2.45, 2.75) is 13.0 Å². The SMILES string of the molecule is COc1ccccc1NC(=O)C1=C(C)Nc2nc3ccccc3n2C1c1ccc2c(c1)OCCO2. The van der Waals surface area contributed by atoms with Gasteiger partial charge in [-0.1, -0.05) is 30.3 Å². The zero-order valence-electron chi connectivity index (χ0n) is 19.4. The molecule has 8 nitrogen and oxygen atoms in total. The summed E-state index contributed by atoms with van der Waals surface area (Å²) in [4.78, 5) is 18.6. The Balaban J connectivity index is 1.51. The number of carbonyl (C=O) groups is 1. The molecule has 0 saturated heterocycles. The second-order valence-electron chi connectivity index (χ2n) is 8.42. The quantitative estimate of drug-likeness (QED) is 0.450. The summed E-state index contributed by atoms with van der Waals surface area (Å²) in [6.07, 6.45) is 0. The number of nitrogens with one attached hydrogen (secondary N) is 2. The van der Waals surface area contributed by atoms with E-state index < -0.39 is 6.04 Å². The molecular formula is C27H24N4O4. The number of para-hydroxylation sites is 4. The van der Waals surface area contributed by atoms with E-state index in [0.717, 1.165) is 22.3 Å². The van der Waals surface area contributed by atoms with Crippen molar-refractivity contribution in [3.63, 3.8) is 0 Å². The predicted molar refractivity (Wildman–Crippen MR) is 133 cm³/mol. The topological polar surface area (TPSA) is 86.6 Å². The lowest BCUT2D eigenvalue weighted by atomic mass is 9.93. The first-order valence-electron chi connectivity index (χ1n) is 11.4. The van der Waals surface area contributed by atoms with Crippen LogP contribution in [0.3, 0.4) is 0 Å². The van der Waals surface area contributed by atoms with Crippen LogP contribution >= 0.6 is 0 Å². The minimum absolute atomic E-state index is 0.233. The monoisotopic (exact) mass is 468 g/mol. The van der Waals surface area contributed by atoms with Crippen LogP contribution in [0.25, 0.3) is 11.0 Å². The zero-order chi connectivity index (χ0) is 23.9. The number of nitrogens with zero attached hydrogens (tertiary/aromatic N) is 2. The first-order chi connectivity index (χ1) is 17.1. The molecule has 0 spiro atoms. The van der Waals surface area contributed by atoms with Gasteiger partial charge in [0.2, 0.25) is 5.95 Å². The first-order valence-corrected chi connectivity index (χ1v) is 11.4. The normalized spacial score (nSPS) is 16.5. The minimum atomic E-state index is -0.441. The highest BCUT2D eigenvalue weighted by molar-refractivity contribution is 6.07. The molecule has 0 bridgehead atoms. The van der Waals surface area contributed by atoms with Crippen LogP contribution in [0.2, 0.25) is 0 Å². The Morgan fingerprint density at radius 1 is 1.06 bits per heavy atom. The number of amides is 1. The van der Waals surface area contributed by atoms with E-state index in [9.17, 15) is 4.79 Å². The third-order valence-electron chi connectivity index (χ3n) is 6.31. The Morgan fingerprint density at radius 2 is 1.83 bits per heavy atom. The van der Waals surface area contributed by atoms with Crippen molar-refractivity contribution < 1.29 is 19.0 Å². The molecule has 0 fully saturated rings. The molecule has 0 saturated carbocycles. The number of imidazole rings is 1. The van der Waals surface area contributed by atoms with E-state index in [1.54, 1.807) is 7.11 Å². The van der Waals surface area contributed by atoms with Gasteiger partial charge in [-0.15, -0.1) is 0 Å². The molecule has 0 aliphatic carbocycles. The van der Waals surface area contributed by atoms with Crippen molar-refractivity contribution in [3.8, 4) is 17.2 Å². The largest absolute Gasteiger partial charge is 0.495 e. The number of allylic oxidation sites excluding steroid dienone is 1. The number of ether oxygens (including phenoxy) is 3. The van der Waals surface area contributed by atoms with Gasteiger partial charge in [-0.25, -0.2) is 4.98 Å². The summed E-state index contributed by atoms with van der Waals surface area (Å²) < 4.78 is 19.1. The number of benzene rings is 3. The van der Waals surface area contributed by atoms with Crippen molar-refractivity contribution >= 4 is 28.6 Å². The third kappa shape index (κ3) is 3.54. The van der Waals surface area contributed by atoms with Crippen LogP contribution < -0.4 is 24.8 Å². The molecule has 1 atom stereocenters. The summed E-state index contributed by atoms with van der Waals surface area (Å²) in [6, 6.07) is 20.6. The van der Waals surface area contributed by atoms with Gasteiger partial charge in [-0.05, 0) is 48.9 Å². The fraction of sp³-hybridized carbons (Fsp3) is 0.185. The van der Waals surface area contributed by atoms with Crippen molar-refractivity contribution in [1.29, 1.82) is 0 Å². The fourth-order valence-corrected chi connectivity index (χ4v) is 4.74. The van der Waals surface area contributed by atoms with E-state index in [0.29, 0.717) is 47.7 Å². The Labute approximate surface area is 202 Å². The molecular weight excluding hydrogens is 444 g/mol. The fourth-order valence-electron chi connectivity index (χ4n) is 4.74. The number of aromatic nitrogens is 2. The van der Waals surface area contributed by atoms with Gasteiger partial charge in [-0.3, -0.25) is 9.36 Å². The second kappa shape index (κ2) is 8.39. The Kier molecular flexibility index (Phi) is 5.06. The van der Waals surface area contributed by atoms with E-state index in [2.05, 4.69) is 15.2 Å². The number of hydrogen-bond donors (Lipinski definition) is 2. The zero-order valence-corrected chi connectivity index (χ0v) is 19.4. The molecule has 1 aromatic heterocycles. The highest BCUT2D eigenvalue weighted by Gasteiger charge is 2.35. The molecule has 8 heteroatoms. The second-order valence-corrected chi connectivity index (χ2v) is 8.42. The van der Waals surface area contributed by atoms with Crippen LogP contribution in [0.4, 0.5) is 11.6 Å². The number of anilines is 2. The van der Waals surface area contributed by atoms with E-state index in [1.165, 1.54) is 0 Å². The summed E-state index contributed by atoms with van der Waals surface area (Å²) in [5, 5.41) is 6.38. The number of rotatable bonds is 4. The Morgan fingerprint density at radius 3 is 2.69 bits per heavy atom. The van der Waals surface area contributed by atoms with Gasteiger partial charge in [0.15, 0.2) is 11.5 Å². The number of hydrogen-bond acceptors (Lipinski definition) is 6. The van der Waals surface area contributed by atoms with Gasteiger partial charge >= 0.3 is 0 Å². The van der Waals surface area contributed by atoms with Crippen LogP contribution in [0.1, 0.15) is 18.5 Å². The van der Waals surface area contributed by atoms with Crippen LogP contribution in [-0.2, 0) is 4.79 Å².